The molecule has 8 atom stereocenters. The molecule has 3 heterocycles. The molecule has 0 spiro atoms. The van der Waals surface area contributed by atoms with Crippen LogP contribution in [0.3, 0.4) is 0 Å². The number of carbonyl (C=O) groups is 4. The minimum absolute atomic E-state index is 0.0375. The number of nitrogens with one attached hydrogen (secondary N) is 1. The molecule has 0 aliphatic carbocycles. The van der Waals surface area contributed by atoms with Crippen molar-refractivity contribution in [3.05, 3.63) is 52.1 Å². The molecule has 3 aliphatic heterocycles. The fraction of sp³-hybridized carbons (Fsp3) is 0.632. The number of thiol groups is 1. The first-order chi connectivity index (χ1) is 24.1. The quantitative estimate of drug-likeness (QED) is 0.191. The molecular formula is C38H54ClN3O9S. The maximum atomic E-state index is 14.1. The first-order valence-electron chi connectivity index (χ1n) is 17.6. The van der Waals surface area contributed by atoms with Crippen molar-refractivity contribution in [3.63, 3.8) is 0 Å². The van der Waals surface area contributed by atoms with E-state index in [0.717, 1.165) is 16.7 Å². The Labute approximate surface area is 317 Å². The average Bonchev–Trinajstić information content (AvgIpc) is 3.76. The van der Waals surface area contributed by atoms with E-state index < -0.39 is 59.8 Å². The van der Waals surface area contributed by atoms with Crippen LogP contribution in [0, 0.1) is 12.8 Å². The number of methoxy groups -OCH3 is 1. The van der Waals surface area contributed by atoms with Crippen LogP contribution in [-0.2, 0) is 39.8 Å². The SMILES string of the molecule is COC1/C=C/C=C(\C)Cc2cc(C)c(Cl)c(c2)N(C)C(=O)CC(OC(=O)[C@H](C)N(C)C(=O)CCC(C)(C)S)[C@@]2(C)O[C@@H]2C(C)C2CC1(O)NC(=O)O2. The van der Waals surface area contributed by atoms with Crippen molar-refractivity contribution in [2.75, 3.05) is 26.1 Å². The molecule has 2 fully saturated rings. The molecule has 2 saturated heterocycles. The molecule has 0 aromatic heterocycles. The van der Waals surface area contributed by atoms with Crippen LogP contribution in [0.5, 0.6) is 0 Å². The molecule has 0 saturated carbocycles. The number of benzene rings is 1. The van der Waals surface area contributed by atoms with Crippen molar-refractivity contribution in [1.29, 1.82) is 0 Å². The lowest BCUT2D eigenvalue weighted by Crippen LogP contribution is -2.63. The number of halogens is 1. The standard InChI is InChI=1S/C38H54ClN3O9S/c1-21-12-11-13-28(48-10)38(47)20-27(49-35(46)40-38)23(3)33-37(7,51-33)29(50-34(45)24(4)41(8)30(43)14-15-36(5,6)52)19-31(44)42(9)26-18-25(16-21)17-22(2)32(26)39/h11-13,17-18,23-24,27-29,33,47,52H,14-16,19-20H2,1-10H3,(H,40,46)/b13-11+,21-12+/t23?,24-,27?,28?,29?,33+,37+,38?/m0/s1. The summed E-state index contributed by atoms with van der Waals surface area (Å²) < 4.78 is 23.3. The van der Waals surface area contributed by atoms with E-state index in [1.165, 1.54) is 24.0 Å². The molecule has 2 N–H and O–H groups in total. The number of nitrogens with zero attached hydrogens (tertiary/aromatic N) is 2. The summed E-state index contributed by atoms with van der Waals surface area (Å²) in [4.78, 5) is 56.4. The molecule has 52 heavy (non-hydrogen) atoms. The number of carbonyl (C=O) groups excluding carboxylic acids is 4. The van der Waals surface area contributed by atoms with E-state index in [-0.39, 0.29) is 35.8 Å². The van der Waals surface area contributed by atoms with Gasteiger partial charge >= 0.3 is 12.1 Å². The van der Waals surface area contributed by atoms with Crippen LogP contribution in [0.4, 0.5) is 10.5 Å². The summed E-state index contributed by atoms with van der Waals surface area (Å²) in [5.41, 5.74) is 0.172. The van der Waals surface area contributed by atoms with E-state index >= 15 is 0 Å². The first-order valence-corrected chi connectivity index (χ1v) is 18.4. The molecule has 4 bridgehead atoms. The van der Waals surface area contributed by atoms with Gasteiger partial charge < -0.3 is 33.9 Å². The number of aryl methyl sites for hydroxylation is 1. The molecule has 14 heteroatoms. The minimum Gasteiger partial charge on any atom is -0.457 e. The summed E-state index contributed by atoms with van der Waals surface area (Å²) in [5.74, 6) is -1.85. The molecule has 3 amide bonds. The molecule has 1 aromatic rings. The zero-order valence-electron chi connectivity index (χ0n) is 31.8. The number of rotatable bonds is 7. The number of alkyl carbamates (subject to hydrolysis) is 1. The van der Waals surface area contributed by atoms with E-state index in [2.05, 4.69) is 17.9 Å². The van der Waals surface area contributed by atoms with Gasteiger partial charge in [0.1, 0.15) is 30.0 Å². The van der Waals surface area contributed by atoms with Crippen LogP contribution in [0.2, 0.25) is 5.02 Å². The van der Waals surface area contributed by atoms with Gasteiger partial charge in [-0.15, -0.1) is 0 Å². The number of amides is 3. The van der Waals surface area contributed by atoms with Gasteiger partial charge in [-0.1, -0.05) is 62.2 Å². The van der Waals surface area contributed by atoms with Crippen molar-refractivity contribution in [2.24, 2.45) is 5.92 Å². The highest BCUT2D eigenvalue weighted by atomic mass is 35.5. The number of aliphatic hydroxyl groups is 1. The van der Waals surface area contributed by atoms with Gasteiger partial charge in [0, 0.05) is 44.7 Å². The third-order valence-corrected chi connectivity index (χ3v) is 11.2. The maximum absolute atomic E-state index is 14.1. The normalized spacial score (nSPS) is 32.0. The number of epoxide rings is 1. The average molecular weight is 764 g/mol. The van der Waals surface area contributed by atoms with Gasteiger partial charge in [0.2, 0.25) is 11.8 Å². The van der Waals surface area contributed by atoms with Crippen molar-refractivity contribution in [1.82, 2.24) is 10.2 Å². The number of esters is 1. The molecular weight excluding hydrogens is 710 g/mol. The Kier molecular flexibility index (Phi) is 12.9. The van der Waals surface area contributed by atoms with E-state index in [4.69, 9.17) is 30.5 Å². The fourth-order valence-corrected chi connectivity index (χ4v) is 7.19. The number of likely N-dealkylation sites (N-methyl/N-ethyl adjacent to an activating group) is 1. The lowest BCUT2D eigenvalue weighted by atomic mass is 9.83. The van der Waals surface area contributed by atoms with E-state index in [1.807, 2.05) is 52.8 Å². The Bertz CT molecular complexity index is 1610. The van der Waals surface area contributed by atoms with E-state index in [9.17, 15) is 24.3 Å². The third-order valence-electron chi connectivity index (χ3n) is 10.5. The highest BCUT2D eigenvalue weighted by molar-refractivity contribution is 7.81. The number of hydrogen-bond donors (Lipinski definition) is 3. The fourth-order valence-electron chi connectivity index (χ4n) is 6.84. The summed E-state index contributed by atoms with van der Waals surface area (Å²) >= 11 is 11.3. The van der Waals surface area contributed by atoms with Crippen LogP contribution < -0.4 is 10.2 Å². The Balaban J connectivity index is 1.72. The Morgan fingerprint density at radius 3 is 2.58 bits per heavy atom. The molecule has 3 aliphatic rings. The van der Waals surface area contributed by atoms with Crippen molar-refractivity contribution < 1.29 is 43.2 Å². The molecule has 288 valence electrons. The van der Waals surface area contributed by atoms with Crippen LogP contribution in [0.25, 0.3) is 0 Å². The van der Waals surface area contributed by atoms with Crippen LogP contribution >= 0.6 is 24.2 Å². The number of allylic oxidation sites excluding steroid dienone is 3. The Morgan fingerprint density at radius 1 is 1.27 bits per heavy atom. The van der Waals surface area contributed by atoms with Gasteiger partial charge in [-0.3, -0.25) is 14.9 Å². The number of ether oxygens (including phenoxy) is 4. The molecule has 4 rings (SSSR count). The van der Waals surface area contributed by atoms with Gasteiger partial charge in [0.15, 0.2) is 5.72 Å². The number of hydrogen-bond acceptors (Lipinski definition) is 10. The molecule has 12 nitrogen and oxygen atoms in total. The summed E-state index contributed by atoms with van der Waals surface area (Å²) in [6.45, 7) is 12.8. The largest absolute Gasteiger partial charge is 0.457 e. The summed E-state index contributed by atoms with van der Waals surface area (Å²) in [6, 6.07) is 2.84. The van der Waals surface area contributed by atoms with Crippen LogP contribution in [0.1, 0.15) is 78.4 Å². The zero-order valence-corrected chi connectivity index (χ0v) is 33.5. The Hall–Kier alpha value is -3.10. The van der Waals surface area contributed by atoms with E-state index in [0.29, 0.717) is 23.6 Å². The van der Waals surface area contributed by atoms with Crippen molar-refractivity contribution in [2.45, 2.75) is 127 Å². The summed E-state index contributed by atoms with van der Waals surface area (Å²) in [5, 5.41) is 14.7. The second kappa shape index (κ2) is 16.1. The molecule has 5 unspecified atom stereocenters. The van der Waals surface area contributed by atoms with Gasteiger partial charge in [0.25, 0.3) is 0 Å². The van der Waals surface area contributed by atoms with Crippen LogP contribution in [0.15, 0.2) is 35.9 Å². The summed E-state index contributed by atoms with van der Waals surface area (Å²) in [7, 11) is 4.60. The van der Waals surface area contributed by atoms with Gasteiger partial charge in [-0.2, -0.15) is 12.6 Å². The van der Waals surface area contributed by atoms with Gasteiger partial charge in [-0.05, 0) is 57.7 Å². The molecule has 1 aromatic carbocycles. The smallest absolute Gasteiger partial charge is 0.409 e. The Morgan fingerprint density at radius 2 is 1.94 bits per heavy atom. The second-order valence-corrected chi connectivity index (χ2v) is 16.9. The number of anilines is 1. The predicted molar refractivity (Wildman–Crippen MR) is 201 cm³/mol. The highest BCUT2D eigenvalue weighted by Gasteiger charge is 2.64. The molecule has 0 radical (unpaired) electrons. The zero-order chi connectivity index (χ0) is 38.9. The first kappa shape index (κ1) is 41.7. The third kappa shape index (κ3) is 9.52. The van der Waals surface area contributed by atoms with Gasteiger partial charge in [0.05, 0.1) is 23.2 Å². The number of fused-ring (bicyclic) bond motifs is 5. The minimum atomic E-state index is -1.81. The monoisotopic (exact) mass is 763 g/mol. The maximum Gasteiger partial charge on any atom is 0.409 e. The topological polar surface area (TPSA) is 147 Å². The highest BCUT2D eigenvalue weighted by Crippen LogP contribution is 2.49. The van der Waals surface area contributed by atoms with Crippen molar-refractivity contribution >= 4 is 53.8 Å². The lowest BCUT2D eigenvalue weighted by Gasteiger charge is -2.42. The van der Waals surface area contributed by atoms with Crippen LogP contribution in [-0.4, -0.2) is 102 Å². The van der Waals surface area contributed by atoms with Gasteiger partial charge in [-0.25, -0.2) is 9.59 Å². The van der Waals surface area contributed by atoms with E-state index in [1.54, 1.807) is 33.0 Å². The predicted octanol–water partition coefficient (Wildman–Crippen LogP) is 5.30. The summed E-state index contributed by atoms with van der Waals surface area (Å²) in [6.07, 6.45) is 1.92. The second-order valence-electron chi connectivity index (χ2n) is 15.3. The van der Waals surface area contributed by atoms with Crippen molar-refractivity contribution in [3.8, 4) is 0 Å². The lowest BCUT2D eigenvalue weighted by molar-refractivity contribution is -0.162.